The maximum Gasteiger partial charge on any atom is 0.330 e. The van der Waals surface area contributed by atoms with Crippen LogP contribution < -0.4 is 0 Å². The Morgan fingerprint density at radius 3 is 2.05 bits per heavy atom. The zero-order valence-electron chi connectivity index (χ0n) is 10.4. The molecule has 5 heteroatoms. The highest BCUT2D eigenvalue weighted by atomic mass is 16.4. The summed E-state index contributed by atoms with van der Waals surface area (Å²) >= 11 is 0. The minimum atomic E-state index is -1.44. The minimum absolute atomic E-state index is 0.146. The Hall–Kier alpha value is -2.17. The van der Waals surface area contributed by atoms with Crippen LogP contribution in [0.1, 0.15) is 40.5 Å². The molecule has 1 heterocycles. The van der Waals surface area contributed by atoms with Crippen molar-refractivity contribution in [2.45, 2.75) is 25.3 Å². The van der Waals surface area contributed by atoms with Crippen LogP contribution in [0.15, 0.2) is 24.3 Å². The fourth-order valence-corrected chi connectivity index (χ4v) is 2.71. The van der Waals surface area contributed by atoms with E-state index in [1.165, 1.54) is 6.92 Å². The number of carbonyl (C=O) groups is 3. The van der Waals surface area contributed by atoms with E-state index in [1.54, 1.807) is 24.3 Å². The first-order valence-corrected chi connectivity index (χ1v) is 6.19. The first-order chi connectivity index (χ1) is 8.98. The number of carboxylic acids is 1. The smallest absolute Gasteiger partial charge is 0.330 e. The van der Waals surface area contributed by atoms with Crippen molar-refractivity contribution in [3.05, 3.63) is 35.4 Å². The van der Waals surface area contributed by atoms with E-state index < -0.39 is 23.3 Å². The molecule has 2 amide bonds. The first-order valence-electron chi connectivity index (χ1n) is 6.19. The van der Waals surface area contributed by atoms with E-state index in [2.05, 4.69) is 0 Å². The Morgan fingerprint density at radius 1 is 1.21 bits per heavy atom. The fourth-order valence-electron chi connectivity index (χ4n) is 2.71. The molecule has 0 aromatic heterocycles. The molecule has 98 valence electrons. The van der Waals surface area contributed by atoms with Crippen molar-refractivity contribution in [3.8, 4) is 0 Å². The maximum absolute atomic E-state index is 12.3. The van der Waals surface area contributed by atoms with Gasteiger partial charge in [0.2, 0.25) is 0 Å². The molecule has 1 N–H and O–H groups in total. The molecule has 1 aromatic carbocycles. The summed E-state index contributed by atoms with van der Waals surface area (Å²) in [6.07, 6.45) is 1.46. The molecule has 0 spiro atoms. The normalized spacial score (nSPS) is 21.2. The average molecular weight is 259 g/mol. The van der Waals surface area contributed by atoms with Crippen LogP contribution in [0.4, 0.5) is 0 Å². The predicted molar refractivity (Wildman–Crippen MR) is 65.7 cm³/mol. The molecule has 1 aliphatic heterocycles. The molecule has 0 radical (unpaired) electrons. The Labute approximate surface area is 109 Å². The van der Waals surface area contributed by atoms with Gasteiger partial charge in [0.25, 0.3) is 11.8 Å². The van der Waals surface area contributed by atoms with Crippen LogP contribution in [0, 0.1) is 5.92 Å². The highest BCUT2D eigenvalue weighted by Gasteiger charge is 2.58. The van der Waals surface area contributed by atoms with E-state index in [1.807, 2.05) is 0 Å². The monoisotopic (exact) mass is 259 g/mol. The summed E-state index contributed by atoms with van der Waals surface area (Å²) in [6.45, 7) is 1.47. The standard InChI is InChI=1S/C14H13NO4/c1-14(13(18)19,8-6-7-8)15-11(16)9-4-2-3-5-10(9)12(15)17/h2-5,8H,6-7H2,1H3,(H,18,19). The zero-order valence-corrected chi connectivity index (χ0v) is 10.4. The number of imide groups is 1. The number of fused-ring (bicyclic) bond motifs is 1. The van der Waals surface area contributed by atoms with Gasteiger partial charge >= 0.3 is 5.97 Å². The fraction of sp³-hybridized carbons (Fsp3) is 0.357. The lowest BCUT2D eigenvalue weighted by Crippen LogP contribution is -2.56. The number of carboxylic acid groups (broad SMARTS) is 1. The first kappa shape index (κ1) is 11.9. The topological polar surface area (TPSA) is 74.7 Å². The Kier molecular flexibility index (Phi) is 2.29. The van der Waals surface area contributed by atoms with E-state index in [-0.39, 0.29) is 5.92 Å². The number of benzene rings is 1. The van der Waals surface area contributed by atoms with Gasteiger partial charge in [-0.2, -0.15) is 0 Å². The predicted octanol–water partition coefficient (Wildman–Crippen LogP) is 1.54. The van der Waals surface area contributed by atoms with Gasteiger partial charge in [-0.25, -0.2) is 4.79 Å². The molecule has 1 aromatic rings. The molecule has 5 nitrogen and oxygen atoms in total. The van der Waals surface area contributed by atoms with E-state index in [0.717, 1.165) is 17.7 Å². The van der Waals surface area contributed by atoms with Gasteiger partial charge in [-0.3, -0.25) is 14.5 Å². The highest BCUT2D eigenvalue weighted by Crippen LogP contribution is 2.45. The molecule has 1 aliphatic carbocycles. The summed E-state index contributed by atoms with van der Waals surface area (Å²) in [4.78, 5) is 37.2. The van der Waals surface area contributed by atoms with Gasteiger partial charge in [-0.05, 0) is 37.8 Å². The molecule has 1 saturated carbocycles. The van der Waals surface area contributed by atoms with Gasteiger partial charge in [0, 0.05) is 0 Å². The largest absolute Gasteiger partial charge is 0.479 e. The number of rotatable bonds is 3. The van der Waals surface area contributed by atoms with Crippen LogP contribution in [0.2, 0.25) is 0 Å². The molecule has 3 rings (SSSR count). The van der Waals surface area contributed by atoms with Crippen molar-refractivity contribution in [2.24, 2.45) is 5.92 Å². The van der Waals surface area contributed by atoms with Crippen molar-refractivity contribution in [3.63, 3.8) is 0 Å². The number of aliphatic carboxylic acids is 1. The summed E-state index contributed by atoms with van der Waals surface area (Å²) in [5, 5.41) is 9.47. The zero-order chi connectivity index (χ0) is 13.8. The van der Waals surface area contributed by atoms with E-state index in [4.69, 9.17) is 0 Å². The highest BCUT2D eigenvalue weighted by molar-refractivity contribution is 6.23. The van der Waals surface area contributed by atoms with Crippen LogP contribution in [0.3, 0.4) is 0 Å². The number of amides is 2. The van der Waals surface area contributed by atoms with E-state index >= 15 is 0 Å². The minimum Gasteiger partial charge on any atom is -0.479 e. The summed E-state index contributed by atoms with van der Waals surface area (Å²) < 4.78 is 0. The lowest BCUT2D eigenvalue weighted by Gasteiger charge is -2.33. The van der Waals surface area contributed by atoms with Crippen LogP contribution in [-0.4, -0.2) is 33.3 Å². The van der Waals surface area contributed by atoms with E-state index in [0.29, 0.717) is 11.1 Å². The third kappa shape index (κ3) is 1.44. The van der Waals surface area contributed by atoms with E-state index in [9.17, 15) is 19.5 Å². The second-order valence-corrected chi connectivity index (χ2v) is 5.22. The summed E-state index contributed by atoms with van der Waals surface area (Å²) in [5.74, 6) is -2.27. The van der Waals surface area contributed by atoms with Gasteiger partial charge in [0.15, 0.2) is 0 Å². The molecule has 0 saturated heterocycles. The molecule has 19 heavy (non-hydrogen) atoms. The second-order valence-electron chi connectivity index (χ2n) is 5.22. The van der Waals surface area contributed by atoms with Crippen LogP contribution in [-0.2, 0) is 4.79 Å². The quantitative estimate of drug-likeness (QED) is 0.835. The number of carbonyl (C=O) groups excluding carboxylic acids is 2. The van der Waals surface area contributed by atoms with Crippen molar-refractivity contribution in [2.75, 3.05) is 0 Å². The SMILES string of the molecule is CC(C(=O)O)(C1CC1)N1C(=O)c2ccccc2C1=O. The summed E-state index contributed by atoms with van der Waals surface area (Å²) in [6, 6.07) is 6.46. The molecule has 0 bridgehead atoms. The average Bonchev–Trinajstić information content (AvgIpc) is 3.19. The van der Waals surface area contributed by atoms with Gasteiger partial charge in [0.05, 0.1) is 11.1 Å². The second kappa shape index (κ2) is 3.66. The summed E-state index contributed by atoms with van der Waals surface area (Å²) in [5.41, 5.74) is -0.853. The molecule has 1 unspecified atom stereocenters. The van der Waals surface area contributed by atoms with Crippen molar-refractivity contribution in [1.29, 1.82) is 0 Å². The maximum atomic E-state index is 12.3. The lowest BCUT2D eigenvalue weighted by atomic mass is 9.93. The molecular formula is C14H13NO4. The van der Waals surface area contributed by atoms with Crippen molar-refractivity contribution >= 4 is 17.8 Å². The Bertz CT molecular complexity index is 570. The van der Waals surface area contributed by atoms with Crippen LogP contribution in [0.25, 0.3) is 0 Å². The Balaban J connectivity index is 2.11. The van der Waals surface area contributed by atoms with Gasteiger partial charge < -0.3 is 5.11 Å². The van der Waals surface area contributed by atoms with Gasteiger partial charge in [-0.1, -0.05) is 12.1 Å². The van der Waals surface area contributed by atoms with Crippen molar-refractivity contribution < 1.29 is 19.5 Å². The molecule has 1 atom stereocenters. The number of hydrogen-bond acceptors (Lipinski definition) is 3. The third-order valence-corrected chi connectivity index (χ3v) is 4.06. The van der Waals surface area contributed by atoms with Gasteiger partial charge in [-0.15, -0.1) is 0 Å². The molecule has 2 aliphatic rings. The molecule has 1 fully saturated rings. The third-order valence-electron chi connectivity index (χ3n) is 4.06. The van der Waals surface area contributed by atoms with Crippen molar-refractivity contribution in [1.82, 2.24) is 4.90 Å². The van der Waals surface area contributed by atoms with Crippen LogP contribution in [0.5, 0.6) is 0 Å². The number of hydrogen-bond donors (Lipinski definition) is 1. The number of nitrogens with zero attached hydrogens (tertiary/aromatic N) is 1. The summed E-state index contributed by atoms with van der Waals surface area (Å²) in [7, 11) is 0. The Morgan fingerprint density at radius 2 is 1.68 bits per heavy atom. The van der Waals surface area contributed by atoms with Crippen LogP contribution >= 0.6 is 0 Å². The molecular weight excluding hydrogens is 246 g/mol. The lowest BCUT2D eigenvalue weighted by molar-refractivity contribution is -0.148. The van der Waals surface area contributed by atoms with Gasteiger partial charge in [0.1, 0.15) is 5.54 Å².